The van der Waals surface area contributed by atoms with Gasteiger partial charge in [0.15, 0.2) is 0 Å². The number of nitro benzene ring substituents is 1. The van der Waals surface area contributed by atoms with Gasteiger partial charge in [0.2, 0.25) is 0 Å². The molecule has 0 amide bonds. The predicted molar refractivity (Wildman–Crippen MR) is 76.0 cm³/mol. The summed E-state index contributed by atoms with van der Waals surface area (Å²) in [6.07, 6.45) is 0.548. The second-order valence-corrected chi connectivity index (χ2v) is 4.30. The number of rotatable bonds is 7. The molecule has 104 valence electrons. The van der Waals surface area contributed by atoms with Crippen molar-refractivity contribution in [3.63, 3.8) is 0 Å². The monoisotopic (exact) mass is 272 g/mol. The van der Waals surface area contributed by atoms with Gasteiger partial charge >= 0.3 is 0 Å². The Bertz CT molecular complexity index is 558. The average Bonchev–Trinajstić information content (AvgIpc) is 2.48. The molecule has 1 N–H and O–H groups in total. The summed E-state index contributed by atoms with van der Waals surface area (Å²) in [5.41, 5.74) is 4.75. The maximum absolute atomic E-state index is 10.8. The molecular weight excluding hydrogens is 256 g/mol. The summed E-state index contributed by atoms with van der Waals surface area (Å²) in [6.45, 7) is 0.995. The zero-order valence-corrected chi connectivity index (χ0v) is 11.0. The number of hydrogen-bond donors (Lipinski definition) is 1. The van der Waals surface area contributed by atoms with Gasteiger partial charge in [-0.15, -0.1) is 0 Å². The highest BCUT2D eigenvalue weighted by Crippen LogP contribution is 2.17. The number of nitrogens with zero attached hydrogens (tertiary/aromatic N) is 1. The van der Waals surface area contributed by atoms with E-state index in [1.807, 2.05) is 30.3 Å². The van der Waals surface area contributed by atoms with Crippen molar-refractivity contribution in [2.45, 2.75) is 13.0 Å². The number of hydroxylamine groups is 1. The van der Waals surface area contributed by atoms with Crippen molar-refractivity contribution < 1.29 is 9.76 Å². The van der Waals surface area contributed by atoms with Crippen LogP contribution in [-0.4, -0.2) is 11.5 Å². The molecular formula is C15H16N2O3. The number of benzene rings is 2. The van der Waals surface area contributed by atoms with Crippen molar-refractivity contribution in [1.82, 2.24) is 5.48 Å². The van der Waals surface area contributed by atoms with Gasteiger partial charge in [0.05, 0.1) is 11.5 Å². The van der Waals surface area contributed by atoms with Gasteiger partial charge in [-0.05, 0) is 12.0 Å². The van der Waals surface area contributed by atoms with Gasteiger partial charge in [-0.1, -0.05) is 48.5 Å². The molecule has 0 saturated carbocycles. The fraction of sp³-hybridized carbons (Fsp3) is 0.200. The topological polar surface area (TPSA) is 64.4 Å². The highest BCUT2D eigenvalue weighted by Gasteiger charge is 2.11. The van der Waals surface area contributed by atoms with Gasteiger partial charge in [0, 0.05) is 18.2 Å². The lowest BCUT2D eigenvalue weighted by Gasteiger charge is -2.06. The van der Waals surface area contributed by atoms with Crippen molar-refractivity contribution in [2.24, 2.45) is 0 Å². The molecule has 5 nitrogen and oxygen atoms in total. The number of para-hydroxylation sites is 1. The number of hydrogen-bond acceptors (Lipinski definition) is 4. The van der Waals surface area contributed by atoms with Crippen LogP contribution in [0.5, 0.6) is 0 Å². The molecule has 0 aromatic heterocycles. The summed E-state index contributed by atoms with van der Waals surface area (Å²) < 4.78 is 0. The van der Waals surface area contributed by atoms with E-state index in [-0.39, 0.29) is 10.6 Å². The molecule has 2 aromatic rings. The van der Waals surface area contributed by atoms with Gasteiger partial charge < -0.3 is 0 Å². The third-order valence-electron chi connectivity index (χ3n) is 2.87. The summed E-state index contributed by atoms with van der Waals surface area (Å²) in [5.74, 6) is 0. The predicted octanol–water partition coefficient (Wildman–Crippen LogP) is 2.86. The van der Waals surface area contributed by atoms with Crippen molar-refractivity contribution in [3.8, 4) is 0 Å². The summed E-state index contributed by atoms with van der Waals surface area (Å²) in [5, 5.41) is 10.8. The van der Waals surface area contributed by atoms with E-state index in [4.69, 9.17) is 4.84 Å². The summed E-state index contributed by atoms with van der Waals surface area (Å²) in [7, 11) is 0. The summed E-state index contributed by atoms with van der Waals surface area (Å²) in [4.78, 5) is 15.8. The lowest BCUT2D eigenvalue weighted by atomic mass is 10.1. The Morgan fingerprint density at radius 2 is 1.75 bits per heavy atom. The molecule has 0 fully saturated rings. The molecule has 0 heterocycles. The molecule has 0 bridgehead atoms. The van der Waals surface area contributed by atoms with Crippen LogP contribution in [0.25, 0.3) is 0 Å². The first-order chi connectivity index (χ1) is 9.77. The summed E-state index contributed by atoms with van der Waals surface area (Å²) in [6, 6.07) is 16.5. The van der Waals surface area contributed by atoms with Crippen LogP contribution in [0.4, 0.5) is 5.69 Å². The minimum Gasteiger partial charge on any atom is -0.297 e. The van der Waals surface area contributed by atoms with Crippen LogP contribution in [-0.2, 0) is 17.9 Å². The molecule has 20 heavy (non-hydrogen) atoms. The highest BCUT2D eigenvalue weighted by atomic mass is 16.6. The van der Waals surface area contributed by atoms with Crippen LogP contribution >= 0.6 is 0 Å². The third kappa shape index (κ3) is 4.15. The standard InChI is InChI=1S/C15H16N2O3/c18-17(19)15-9-5-4-8-14(15)10-11-16-20-12-13-6-2-1-3-7-13/h1-9,16H,10-12H2. The minimum absolute atomic E-state index is 0.150. The Labute approximate surface area is 117 Å². The Morgan fingerprint density at radius 1 is 1.05 bits per heavy atom. The quantitative estimate of drug-likeness (QED) is 0.478. The number of nitro groups is 1. The molecule has 0 radical (unpaired) electrons. The Hall–Kier alpha value is -2.24. The van der Waals surface area contributed by atoms with Gasteiger partial charge in [0.25, 0.3) is 5.69 Å². The highest BCUT2D eigenvalue weighted by molar-refractivity contribution is 5.39. The van der Waals surface area contributed by atoms with Crippen LogP contribution in [0.2, 0.25) is 0 Å². The van der Waals surface area contributed by atoms with E-state index < -0.39 is 0 Å². The van der Waals surface area contributed by atoms with Crippen LogP contribution < -0.4 is 5.48 Å². The smallest absolute Gasteiger partial charge is 0.272 e. The van der Waals surface area contributed by atoms with E-state index in [1.54, 1.807) is 18.2 Å². The zero-order valence-electron chi connectivity index (χ0n) is 11.0. The fourth-order valence-electron chi connectivity index (χ4n) is 1.87. The Kier molecular flexibility index (Phi) is 5.23. The fourth-order valence-corrected chi connectivity index (χ4v) is 1.87. The maximum atomic E-state index is 10.8. The Morgan fingerprint density at radius 3 is 2.50 bits per heavy atom. The van der Waals surface area contributed by atoms with Gasteiger partial charge in [0.1, 0.15) is 0 Å². The Balaban J connectivity index is 1.75. The zero-order chi connectivity index (χ0) is 14.2. The molecule has 5 heteroatoms. The first-order valence-corrected chi connectivity index (χ1v) is 6.38. The van der Waals surface area contributed by atoms with Crippen molar-refractivity contribution in [1.29, 1.82) is 0 Å². The molecule has 0 aliphatic rings. The van der Waals surface area contributed by atoms with E-state index in [0.29, 0.717) is 25.1 Å². The van der Waals surface area contributed by atoms with E-state index in [2.05, 4.69) is 5.48 Å². The van der Waals surface area contributed by atoms with Crippen molar-refractivity contribution in [2.75, 3.05) is 6.54 Å². The largest absolute Gasteiger partial charge is 0.297 e. The van der Waals surface area contributed by atoms with Crippen molar-refractivity contribution in [3.05, 3.63) is 75.8 Å². The van der Waals surface area contributed by atoms with E-state index >= 15 is 0 Å². The molecule has 2 aromatic carbocycles. The molecule has 0 saturated heterocycles. The molecule has 2 rings (SSSR count). The maximum Gasteiger partial charge on any atom is 0.272 e. The first kappa shape index (κ1) is 14.2. The normalized spacial score (nSPS) is 10.4. The molecule has 0 aliphatic heterocycles. The van der Waals surface area contributed by atoms with Gasteiger partial charge in [-0.25, -0.2) is 5.48 Å². The van der Waals surface area contributed by atoms with Crippen LogP contribution in [0.1, 0.15) is 11.1 Å². The number of nitrogens with one attached hydrogen (secondary N) is 1. The lowest BCUT2D eigenvalue weighted by molar-refractivity contribution is -0.385. The molecule has 0 spiro atoms. The SMILES string of the molecule is O=[N+]([O-])c1ccccc1CCNOCc1ccccc1. The minimum atomic E-state index is -0.361. The van der Waals surface area contributed by atoms with Crippen LogP contribution in [0, 0.1) is 10.1 Å². The van der Waals surface area contributed by atoms with Crippen LogP contribution in [0.3, 0.4) is 0 Å². The lowest BCUT2D eigenvalue weighted by Crippen LogP contribution is -2.18. The summed E-state index contributed by atoms with van der Waals surface area (Å²) >= 11 is 0. The van der Waals surface area contributed by atoms with E-state index in [1.165, 1.54) is 6.07 Å². The molecule has 0 aliphatic carbocycles. The average molecular weight is 272 g/mol. The second kappa shape index (κ2) is 7.37. The molecule has 0 atom stereocenters. The first-order valence-electron chi connectivity index (χ1n) is 6.38. The van der Waals surface area contributed by atoms with Crippen LogP contribution in [0.15, 0.2) is 54.6 Å². The van der Waals surface area contributed by atoms with E-state index in [0.717, 1.165) is 5.56 Å². The molecule has 0 unspecified atom stereocenters. The van der Waals surface area contributed by atoms with Crippen molar-refractivity contribution >= 4 is 5.69 Å². The van der Waals surface area contributed by atoms with E-state index in [9.17, 15) is 10.1 Å². The van der Waals surface area contributed by atoms with Gasteiger partial charge in [-0.3, -0.25) is 15.0 Å². The van der Waals surface area contributed by atoms with Gasteiger partial charge in [-0.2, -0.15) is 0 Å². The second-order valence-electron chi connectivity index (χ2n) is 4.30. The third-order valence-corrected chi connectivity index (χ3v) is 2.87.